The molecule has 0 bridgehead atoms. The molecule has 2 aliphatic carbocycles. The Kier molecular flexibility index (Phi) is 10.3. The summed E-state index contributed by atoms with van der Waals surface area (Å²) in [5.74, 6) is 0.214. The van der Waals surface area contributed by atoms with Gasteiger partial charge < -0.3 is 19.6 Å². The summed E-state index contributed by atoms with van der Waals surface area (Å²) in [4.78, 5) is 39.7. The highest BCUT2D eigenvalue weighted by Crippen LogP contribution is 2.48. The van der Waals surface area contributed by atoms with Gasteiger partial charge in [-0.2, -0.15) is 5.26 Å². The summed E-state index contributed by atoms with van der Waals surface area (Å²) in [6, 6.07) is 20.4. The third-order valence-electron chi connectivity index (χ3n) is 11.7. The van der Waals surface area contributed by atoms with Crippen molar-refractivity contribution in [2.75, 3.05) is 16.8 Å². The number of aromatic nitrogens is 1. The van der Waals surface area contributed by atoms with E-state index in [9.17, 15) is 19.6 Å². The molecule has 10 nitrogen and oxygen atoms in total. The molecule has 280 valence electrons. The topological polar surface area (TPSA) is 132 Å². The molecule has 2 heterocycles. The van der Waals surface area contributed by atoms with Gasteiger partial charge in [-0.1, -0.05) is 29.4 Å². The monoisotopic (exact) mass is 730 g/mol. The number of carbonyl (C=O) groups excluding carboxylic acids is 3. The van der Waals surface area contributed by atoms with Gasteiger partial charge >= 0.3 is 0 Å². The number of nitrogens with zero attached hydrogens (tertiary/aromatic N) is 4. The van der Waals surface area contributed by atoms with Gasteiger partial charge in [0.25, 0.3) is 5.91 Å². The lowest BCUT2D eigenvalue weighted by Crippen LogP contribution is -2.34. The Morgan fingerprint density at radius 1 is 1.11 bits per heavy atom. The third-order valence-corrected chi connectivity index (χ3v) is 11.7. The van der Waals surface area contributed by atoms with Crippen LogP contribution in [0.25, 0.3) is 11.1 Å². The summed E-state index contributed by atoms with van der Waals surface area (Å²) in [5.41, 5.74) is 8.42. The van der Waals surface area contributed by atoms with E-state index in [1.807, 2.05) is 20.8 Å². The maximum atomic E-state index is 15.5. The molecule has 2 saturated carbocycles. The summed E-state index contributed by atoms with van der Waals surface area (Å²) in [7, 11) is 0. The van der Waals surface area contributed by atoms with Crippen molar-refractivity contribution < 1.29 is 23.3 Å². The number of hydrogen-bond acceptors (Lipinski definition) is 8. The molecule has 0 radical (unpaired) electrons. The zero-order valence-electron chi connectivity index (χ0n) is 31.4. The standard InChI is InChI=1S/C43H47FN6O4/c1-26-5-9-31(41-28(3)48-54-29(41)4)20-39(26)50(35-14-10-33(11-15-35)43(24-45)17-18-43)22-30-7-12-34(13-8-30)47-38-21-36-32(19-37(38)44)23-49(42(36)53)27(2)6-16-40(52)46-25-51/h5,9-11,14-15,19-21,25,27,30,34,47H,6-8,12-13,16-18,22-23H2,1-4H3,(H,46,51,52). The molecule has 1 unspecified atom stereocenters. The Hall–Kier alpha value is -5.50. The van der Waals surface area contributed by atoms with Crippen molar-refractivity contribution in [2.45, 2.75) is 103 Å². The lowest BCUT2D eigenvalue weighted by Gasteiger charge is -2.35. The number of imide groups is 1. The van der Waals surface area contributed by atoms with Crippen LogP contribution in [0.15, 0.2) is 59.1 Å². The summed E-state index contributed by atoms with van der Waals surface area (Å²) in [5, 5.41) is 19.6. The van der Waals surface area contributed by atoms with E-state index < -0.39 is 5.91 Å². The molecule has 2 N–H and O–H groups in total. The highest BCUT2D eigenvalue weighted by Gasteiger charge is 2.44. The maximum absolute atomic E-state index is 15.5. The predicted octanol–water partition coefficient (Wildman–Crippen LogP) is 8.17. The zero-order valence-corrected chi connectivity index (χ0v) is 31.4. The average molecular weight is 731 g/mol. The van der Waals surface area contributed by atoms with E-state index in [1.165, 1.54) is 6.07 Å². The van der Waals surface area contributed by atoms with Gasteiger partial charge in [0.2, 0.25) is 12.3 Å². The summed E-state index contributed by atoms with van der Waals surface area (Å²) in [6.45, 7) is 8.97. The van der Waals surface area contributed by atoms with Crippen LogP contribution in [0.4, 0.5) is 21.5 Å². The fourth-order valence-corrected chi connectivity index (χ4v) is 8.27. The smallest absolute Gasteiger partial charge is 0.254 e. The van der Waals surface area contributed by atoms with Crippen molar-refractivity contribution in [2.24, 2.45) is 5.92 Å². The lowest BCUT2D eigenvalue weighted by molar-refractivity contribution is -0.125. The number of aryl methyl sites for hydroxylation is 3. The molecular formula is C43H47FN6O4. The molecule has 3 aliphatic rings. The molecule has 4 aromatic rings. The van der Waals surface area contributed by atoms with E-state index in [4.69, 9.17) is 4.52 Å². The van der Waals surface area contributed by atoms with Gasteiger partial charge in [-0.15, -0.1) is 0 Å². The Labute approximate surface area is 315 Å². The van der Waals surface area contributed by atoms with Gasteiger partial charge in [0.1, 0.15) is 11.6 Å². The van der Waals surface area contributed by atoms with Crippen molar-refractivity contribution in [3.63, 3.8) is 0 Å². The van der Waals surface area contributed by atoms with E-state index in [2.05, 4.69) is 76.1 Å². The molecule has 1 aromatic heterocycles. The first kappa shape index (κ1) is 36.8. The van der Waals surface area contributed by atoms with Crippen LogP contribution in [0, 0.1) is 43.8 Å². The van der Waals surface area contributed by atoms with Gasteiger partial charge in [-0.05, 0) is 131 Å². The fourth-order valence-electron chi connectivity index (χ4n) is 8.27. The quantitative estimate of drug-likeness (QED) is 0.132. The Morgan fingerprint density at radius 2 is 1.85 bits per heavy atom. The van der Waals surface area contributed by atoms with E-state index in [0.29, 0.717) is 35.6 Å². The Bertz CT molecular complexity index is 2090. The molecule has 3 amide bonds. The van der Waals surface area contributed by atoms with E-state index in [1.54, 1.807) is 11.0 Å². The van der Waals surface area contributed by atoms with Crippen molar-refractivity contribution >= 4 is 35.3 Å². The van der Waals surface area contributed by atoms with Gasteiger partial charge in [-0.3, -0.25) is 19.7 Å². The van der Waals surface area contributed by atoms with Crippen LogP contribution in [-0.4, -0.2) is 46.9 Å². The molecule has 7 rings (SSSR count). The van der Waals surface area contributed by atoms with Crippen molar-refractivity contribution in [3.05, 3.63) is 94.1 Å². The predicted molar refractivity (Wildman–Crippen MR) is 205 cm³/mol. The van der Waals surface area contributed by atoms with Crippen LogP contribution in [0.1, 0.15) is 96.8 Å². The summed E-state index contributed by atoms with van der Waals surface area (Å²) >= 11 is 0. The van der Waals surface area contributed by atoms with Crippen LogP contribution in [0.5, 0.6) is 0 Å². The largest absolute Gasteiger partial charge is 0.380 e. The number of hydrogen-bond donors (Lipinski definition) is 2. The molecule has 11 heteroatoms. The van der Waals surface area contributed by atoms with E-state index >= 15 is 4.39 Å². The number of anilines is 3. The summed E-state index contributed by atoms with van der Waals surface area (Å²) in [6.07, 6.45) is 6.27. The van der Waals surface area contributed by atoms with Crippen LogP contribution in [0.3, 0.4) is 0 Å². The van der Waals surface area contributed by atoms with Crippen LogP contribution >= 0.6 is 0 Å². The molecule has 54 heavy (non-hydrogen) atoms. The molecule has 3 aromatic carbocycles. The molecular weight excluding hydrogens is 684 g/mol. The number of nitriles is 1. The van der Waals surface area contributed by atoms with Gasteiger partial charge in [0, 0.05) is 54.1 Å². The number of rotatable bonds is 13. The number of benzene rings is 3. The Morgan fingerprint density at radius 3 is 2.50 bits per heavy atom. The van der Waals surface area contributed by atoms with Gasteiger partial charge in [0.15, 0.2) is 0 Å². The first-order valence-electron chi connectivity index (χ1n) is 19.0. The minimum absolute atomic E-state index is 0.0646. The molecule has 1 aliphatic heterocycles. The normalized spacial score (nSPS) is 19.1. The zero-order chi connectivity index (χ0) is 38.1. The molecule has 0 saturated heterocycles. The van der Waals surface area contributed by atoms with Crippen LogP contribution in [-0.2, 0) is 21.5 Å². The van der Waals surface area contributed by atoms with E-state index in [-0.39, 0.29) is 42.2 Å². The van der Waals surface area contributed by atoms with E-state index in [0.717, 1.165) is 90.2 Å². The average Bonchev–Trinajstić information content (AvgIpc) is 3.82. The maximum Gasteiger partial charge on any atom is 0.254 e. The number of carbonyl (C=O) groups is 3. The number of amides is 3. The van der Waals surface area contributed by atoms with Crippen LogP contribution < -0.4 is 15.5 Å². The van der Waals surface area contributed by atoms with Gasteiger partial charge in [-0.25, -0.2) is 4.39 Å². The number of nitrogens with one attached hydrogen (secondary N) is 2. The number of fused-ring (bicyclic) bond motifs is 1. The lowest BCUT2D eigenvalue weighted by atomic mass is 9.85. The molecule has 0 spiro atoms. The second-order valence-electron chi connectivity index (χ2n) is 15.4. The van der Waals surface area contributed by atoms with Crippen LogP contribution in [0.2, 0.25) is 0 Å². The summed E-state index contributed by atoms with van der Waals surface area (Å²) < 4.78 is 21.0. The second kappa shape index (κ2) is 15.1. The number of halogens is 1. The van der Waals surface area contributed by atoms with Gasteiger partial charge in [0.05, 0.1) is 22.9 Å². The second-order valence-corrected chi connectivity index (χ2v) is 15.4. The first-order valence-corrected chi connectivity index (χ1v) is 19.0. The molecule has 1 atom stereocenters. The SMILES string of the molecule is Cc1ccc(-c2c(C)noc2C)cc1N(CC1CCC(Nc2cc3c(cc2F)CN(C(C)CCC(=O)NC=O)C3=O)CC1)c1ccc(C2(C#N)CC2)cc1. The van der Waals surface area contributed by atoms with Crippen molar-refractivity contribution in [1.82, 2.24) is 15.4 Å². The Balaban J connectivity index is 1.05. The van der Waals surface area contributed by atoms with Crippen molar-refractivity contribution in [1.29, 1.82) is 5.26 Å². The highest BCUT2D eigenvalue weighted by molar-refractivity contribution is 5.99. The third kappa shape index (κ3) is 7.34. The fraction of sp³-hybridized carbons (Fsp3) is 0.419. The molecule has 2 fully saturated rings. The minimum Gasteiger partial charge on any atom is -0.380 e. The van der Waals surface area contributed by atoms with Crippen molar-refractivity contribution in [3.8, 4) is 17.2 Å². The highest BCUT2D eigenvalue weighted by atomic mass is 19.1. The minimum atomic E-state index is -0.393. The first-order chi connectivity index (χ1) is 26.0.